The highest BCUT2D eigenvalue weighted by Gasteiger charge is 2.20. The summed E-state index contributed by atoms with van der Waals surface area (Å²) in [6.45, 7) is 8.11. The van der Waals surface area contributed by atoms with Gasteiger partial charge in [0.25, 0.3) is 5.91 Å². The third-order valence-corrected chi connectivity index (χ3v) is 2.27. The normalized spacial score (nSPS) is 10.8. The van der Waals surface area contributed by atoms with Crippen LogP contribution in [0.15, 0.2) is 24.5 Å². The summed E-state index contributed by atoms with van der Waals surface area (Å²) in [5, 5.41) is 0. The highest BCUT2D eigenvalue weighted by molar-refractivity contribution is 5.94. The van der Waals surface area contributed by atoms with Gasteiger partial charge in [-0.1, -0.05) is 0 Å². The molecule has 0 fully saturated rings. The molecule has 15 heavy (non-hydrogen) atoms. The zero-order valence-electron chi connectivity index (χ0n) is 9.77. The molecule has 0 atom stereocenters. The van der Waals surface area contributed by atoms with Crippen LogP contribution in [0.3, 0.4) is 0 Å². The van der Waals surface area contributed by atoms with E-state index in [2.05, 4.69) is 4.98 Å². The minimum Gasteiger partial charge on any atom is -0.334 e. The largest absolute Gasteiger partial charge is 0.334 e. The van der Waals surface area contributed by atoms with Gasteiger partial charge in [0.1, 0.15) is 0 Å². The van der Waals surface area contributed by atoms with Crippen LogP contribution in [0.2, 0.25) is 0 Å². The minimum atomic E-state index is 0.0717. The minimum absolute atomic E-state index is 0.0717. The first-order valence-corrected chi connectivity index (χ1v) is 5.26. The summed E-state index contributed by atoms with van der Waals surface area (Å²) >= 11 is 0. The summed E-state index contributed by atoms with van der Waals surface area (Å²) in [5.41, 5.74) is 0.701. The van der Waals surface area contributed by atoms with Crippen molar-refractivity contribution in [2.75, 3.05) is 0 Å². The second kappa shape index (κ2) is 4.91. The van der Waals surface area contributed by atoms with Gasteiger partial charge < -0.3 is 4.90 Å². The lowest BCUT2D eigenvalue weighted by Gasteiger charge is -2.30. The van der Waals surface area contributed by atoms with Crippen LogP contribution in [0.5, 0.6) is 0 Å². The van der Waals surface area contributed by atoms with Crippen molar-refractivity contribution in [3.8, 4) is 0 Å². The Balaban J connectivity index is 2.92. The van der Waals surface area contributed by atoms with Crippen molar-refractivity contribution in [2.24, 2.45) is 0 Å². The number of hydrogen-bond acceptors (Lipinski definition) is 2. The molecule has 0 aliphatic rings. The van der Waals surface area contributed by atoms with Crippen LogP contribution in [0, 0.1) is 0 Å². The monoisotopic (exact) mass is 206 g/mol. The molecule has 1 heterocycles. The van der Waals surface area contributed by atoms with Gasteiger partial charge in [-0.15, -0.1) is 0 Å². The van der Waals surface area contributed by atoms with Crippen molar-refractivity contribution >= 4 is 5.91 Å². The van der Waals surface area contributed by atoms with Crippen LogP contribution in [-0.4, -0.2) is 27.9 Å². The van der Waals surface area contributed by atoms with Crippen LogP contribution < -0.4 is 0 Å². The zero-order chi connectivity index (χ0) is 11.4. The van der Waals surface area contributed by atoms with E-state index in [1.54, 1.807) is 24.5 Å². The Morgan fingerprint density at radius 2 is 1.60 bits per heavy atom. The molecule has 0 aliphatic carbocycles. The Labute approximate surface area is 91.1 Å². The quantitative estimate of drug-likeness (QED) is 0.760. The van der Waals surface area contributed by atoms with E-state index < -0.39 is 0 Å². The number of amides is 1. The van der Waals surface area contributed by atoms with Gasteiger partial charge in [0.2, 0.25) is 0 Å². The van der Waals surface area contributed by atoms with E-state index in [9.17, 15) is 4.79 Å². The lowest BCUT2D eigenvalue weighted by molar-refractivity contribution is 0.0643. The average Bonchev–Trinajstić information content (AvgIpc) is 2.18. The number of pyridine rings is 1. The van der Waals surface area contributed by atoms with Crippen LogP contribution in [0.25, 0.3) is 0 Å². The maximum atomic E-state index is 12.1. The summed E-state index contributed by atoms with van der Waals surface area (Å²) in [7, 11) is 0. The Morgan fingerprint density at radius 3 is 2.00 bits per heavy atom. The van der Waals surface area contributed by atoms with E-state index >= 15 is 0 Å². The van der Waals surface area contributed by atoms with Crippen LogP contribution >= 0.6 is 0 Å². The SMILES string of the molecule is CC(C)N(C(=O)c1ccncc1)C(C)C. The molecular formula is C12H18N2O. The molecule has 0 N–H and O–H groups in total. The van der Waals surface area contributed by atoms with E-state index in [1.807, 2.05) is 32.6 Å². The fourth-order valence-electron chi connectivity index (χ4n) is 1.71. The van der Waals surface area contributed by atoms with Gasteiger partial charge in [0, 0.05) is 30.0 Å². The molecule has 0 unspecified atom stereocenters. The smallest absolute Gasteiger partial charge is 0.254 e. The zero-order valence-corrected chi connectivity index (χ0v) is 9.77. The molecule has 0 saturated carbocycles. The standard InChI is InChI=1S/C12H18N2O/c1-9(2)14(10(3)4)12(15)11-5-7-13-8-6-11/h5-10H,1-4H3. The molecule has 3 heteroatoms. The van der Waals surface area contributed by atoms with E-state index in [-0.39, 0.29) is 18.0 Å². The summed E-state index contributed by atoms with van der Waals surface area (Å²) in [6.07, 6.45) is 3.29. The molecule has 1 aromatic heterocycles. The molecule has 0 aromatic carbocycles. The second-order valence-electron chi connectivity index (χ2n) is 4.14. The molecule has 0 aliphatic heterocycles. The maximum absolute atomic E-state index is 12.1. The Hall–Kier alpha value is -1.38. The van der Waals surface area contributed by atoms with Crippen LogP contribution in [-0.2, 0) is 0 Å². The Kier molecular flexibility index (Phi) is 3.83. The fourth-order valence-corrected chi connectivity index (χ4v) is 1.71. The number of aromatic nitrogens is 1. The first kappa shape index (κ1) is 11.7. The van der Waals surface area contributed by atoms with E-state index in [4.69, 9.17) is 0 Å². The van der Waals surface area contributed by atoms with Gasteiger partial charge >= 0.3 is 0 Å². The van der Waals surface area contributed by atoms with E-state index in [0.29, 0.717) is 5.56 Å². The predicted octanol–water partition coefficient (Wildman–Crippen LogP) is 2.34. The second-order valence-corrected chi connectivity index (χ2v) is 4.14. The molecule has 0 bridgehead atoms. The lowest BCUT2D eigenvalue weighted by atomic mass is 10.1. The predicted molar refractivity (Wildman–Crippen MR) is 60.7 cm³/mol. The van der Waals surface area contributed by atoms with Gasteiger partial charge in [-0.25, -0.2) is 0 Å². The van der Waals surface area contributed by atoms with Gasteiger partial charge in [-0.3, -0.25) is 9.78 Å². The number of carbonyl (C=O) groups excluding carboxylic acids is 1. The molecule has 0 spiro atoms. The first-order valence-electron chi connectivity index (χ1n) is 5.26. The molecule has 1 aromatic rings. The third-order valence-electron chi connectivity index (χ3n) is 2.27. The van der Waals surface area contributed by atoms with Crippen molar-refractivity contribution in [1.82, 2.24) is 9.88 Å². The molecule has 1 rings (SSSR count). The number of hydrogen-bond donors (Lipinski definition) is 0. The summed E-state index contributed by atoms with van der Waals surface area (Å²) in [4.78, 5) is 17.9. The molecule has 1 amide bonds. The van der Waals surface area contributed by atoms with Crippen molar-refractivity contribution in [2.45, 2.75) is 39.8 Å². The first-order chi connectivity index (χ1) is 7.04. The molecular weight excluding hydrogens is 188 g/mol. The van der Waals surface area contributed by atoms with Gasteiger partial charge in [-0.05, 0) is 39.8 Å². The molecule has 82 valence electrons. The molecule has 0 radical (unpaired) electrons. The topological polar surface area (TPSA) is 33.2 Å². The summed E-state index contributed by atoms with van der Waals surface area (Å²) in [5.74, 6) is 0.0717. The van der Waals surface area contributed by atoms with Crippen molar-refractivity contribution in [1.29, 1.82) is 0 Å². The number of nitrogens with zero attached hydrogens (tertiary/aromatic N) is 2. The average molecular weight is 206 g/mol. The van der Waals surface area contributed by atoms with Crippen molar-refractivity contribution in [3.63, 3.8) is 0 Å². The van der Waals surface area contributed by atoms with E-state index in [1.165, 1.54) is 0 Å². The Morgan fingerprint density at radius 1 is 1.13 bits per heavy atom. The molecule has 3 nitrogen and oxygen atoms in total. The van der Waals surface area contributed by atoms with Gasteiger partial charge in [0.05, 0.1) is 0 Å². The lowest BCUT2D eigenvalue weighted by Crippen LogP contribution is -2.42. The maximum Gasteiger partial charge on any atom is 0.254 e. The van der Waals surface area contributed by atoms with E-state index in [0.717, 1.165) is 0 Å². The van der Waals surface area contributed by atoms with Gasteiger partial charge in [0.15, 0.2) is 0 Å². The van der Waals surface area contributed by atoms with Crippen molar-refractivity contribution < 1.29 is 4.79 Å². The van der Waals surface area contributed by atoms with Crippen molar-refractivity contribution in [3.05, 3.63) is 30.1 Å². The number of rotatable bonds is 3. The van der Waals surface area contributed by atoms with Gasteiger partial charge in [-0.2, -0.15) is 0 Å². The number of carbonyl (C=O) groups is 1. The fraction of sp³-hybridized carbons (Fsp3) is 0.500. The highest BCUT2D eigenvalue weighted by atomic mass is 16.2. The third kappa shape index (κ3) is 2.78. The van der Waals surface area contributed by atoms with Crippen LogP contribution in [0.1, 0.15) is 38.1 Å². The summed E-state index contributed by atoms with van der Waals surface area (Å²) < 4.78 is 0. The highest BCUT2D eigenvalue weighted by Crippen LogP contribution is 2.11. The van der Waals surface area contributed by atoms with Crippen LogP contribution in [0.4, 0.5) is 0 Å². The Bertz CT molecular complexity index is 312. The summed E-state index contributed by atoms with van der Waals surface area (Å²) in [6, 6.07) is 3.93. The molecule has 0 saturated heterocycles.